The average molecular weight is 568 g/mol. The molecule has 0 amide bonds. The predicted octanol–water partition coefficient (Wildman–Crippen LogP) is 5.57. The monoisotopic (exact) mass is 567 g/mol. The van der Waals surface area contributed by atoms with E-state index in [1.54, 1.807) is 26.6 Å². The van der Waals surface area contributed by atoms with Gasteiger partial charge in [0, 0.05) is 38.2 Å². The summed E-state index contributed by atoms with van der Waals surface area (Å²) in [6, 6.07) is 13.8. The molecule has 1 aliphatic rings. The van der Waals surface area contributed by atoms with E-state index in [-0.39, 0.29) is 19.7 Å². The molecular weight excluding hydrogens is 526 g/mol. The van der Waals surface area contributed by atoms with Crippen LogP contribution in [0.1, 0.15) is 37.5 Å². The van der Waals surface area contributed by atoms with Gasteiger partial charge in [-0.3, -0.25) is 4.98 Å². The molecule has 1 aromatic heterocycles. The van der Waals surface area contributed by atoms with Gasteiger partial charge >= 0.3 is 0 Å². The SMILES string of the molecule is CCc1c(OCOC)cc(OCOC)c(-c2cccc(OCc3ccncc3)c2)c1CCOCC1COC(C)(C)O1. The molecule has 1 unspecified atom stereocenters. The van der Waals surface area contributed by atoms with Crippen molar-refractivity contribution in [3.63, 3.8) is 0 Å². The Labute approximate surface area is 242 Å². The summed E-state index contributed by atoms with van der Waals surface area (Å²) < 4.78 is 46.4. The number of methoxy groups -OCH3 is 2. The van der Waals surface area contributed by atoms with Gasteiger partial charge in [-0.25, -0.2) is 0 Å². The molecule has 41 heavy (non-hydrogen) atoms. The largest absolute Gasteiger partial charge is 0.489 e. The van der Waals surface area contributed by atoms with Crippen LogP contribution in [0, 0.1) is 0 Å². The zero-order valence-corrected chi connectivity index (χ0v) is 24.6. The zero-order chi connectivity index (χ0) is 29.1. The Balaban J connectivity index is 1.65. The molecule has 3 aromatic rings. The third-order valence-electron chi connectivity index (χ3n) is 6.64. The zero-order valence-electron chi connectivity index (χ0n) is 24.6. The fourth-order valence-electron chi connectivity index (χ4n) is 4.82. The molecular formula is C32H41NO8. The predicted molar refractivity (Wildman–Crippen MR) is 154 cm³/mol. The fraction of sp³-hybridized carbons (Fsp3) is 0.469. The Morgan fingerprint density at radius 2 is 1.68 bits per heavy atom. The average Bonchev–Trinajstić information content (AvgIpc) is 3.34. The minimum atomic E-state index is -0.582. The molecule has 1 atom stereocenters. The van der Waals surface area contributed by atoms with Crippen molar-refractivity contribution in [1.82, 2.24) is 4.98 Å². The van der Waals surface area contributed by atoms with E-state index in [2.05, 4.69) is 18.0 Å². The first-order valence-electron chi connectivity index (χ1n) is 13.9. The molecule has 0 N–H and O–H groups in total. The summed E-state index contributed by atoms with van der Waals surface area (Å²) in [5, 5.41) is 0. The van der Waals surface area contributed by atoms with E-state index >= 15 is 0 Å². The van der Waals surface area contributed by atoms with Crippen LogP contribution in [0.25, 0.3) is 11.1 Å². The molecule has 0 aliphatic carbocycles. The number of nitrogens with zero attached hydrogens (tertiary/aromatic N) is 1. The molecule has 0 saturated carbocycles. The molecule has 9 heteroatoms. The van der Waals surface area contributed by atoms with Crippen LogP contribution in [-0.2, 0) is 43.1 Å². The van der Waals surface area contributed by atoms with Crippen molar-refractivity contribution in [3.05, 3.63) is 71.5 Å². The Morgan fingerprint density at radius 3 is 2.37 bits per heavy atom. The number of hydrogen-bond donors (Lipinski definition) is 0. The van der Waals surface area contributed by atoms with Crippen LogP contribution < -0.4 is 14.2 Å². The van der Waals surface area contributed by atoms with Crippen LogP contribution in [0.5, 0.6) is 17.2 Å². The number of ether oxygens (including phenoxy) is 8. The van der Waals surface area contributed by atoms with Crippen LogP contribution in [0.15, 0.2) is 54.9 Å². The first-order chi connectivity index (χ1) is 19.9. The van der Waals surface area contributed by atoms with E-state index < -0.39 is 5.79 Å². The van der Waals surface area contributed by atoms with Gasteiger partial charge < -0.3 is 37.9 Å². The second-order valence-electron chi connectivity index (χ2n) is 10.1. The highest BCUT2D eigenvalue weighted by molar-refractivity contribution is 5.78. The summed E-state index contributed by atoms with van der Waals surface area (Å²) in [7, 11) is 3.20. The van der Waals surface area contributed by atoms with Crippen molar-refractivity contribution in [2.24, 2.45) is 0 Å². The van der Waals surface area contributed by atoms with Gasteiger partial charge in [-0.15, -0.1) is 0 Å². The van der Waals surface area contributed by atoms with Crippen molar-refractivity contribution in [3.8, 4) is 28.4 Å². The van der Waals surface area contributed by atoms with Crippen LogP contribution in [0.4, 0.5) is 0 Å². The molecule has 0 radical (unpaired) electrons. The van der Waals surface area contributed by atoms with E-state index in [4.69, 9.17) is 37.9 Å². The fourth-order valence-corrected chi connectivity index (χ4v) is 4.82. The number of benzene rings is 2. The van der Waals surface area contributed by atoms with E-state index in [9.17, 15) is 0 Å². The van der Waals surface area contributed by atoms with Gasteiger partial charge in [-0.1, -0.05) is 19.1 Å². The third kappa shape index (κ3) is 8.64. The Kier molecular flexibility index (Phi) is 11.4. The molecule has 1 fully saturated rings. The lowest BCUT2D eigenvalue weighted by atomic mass is 9.90. The molecule has 9 nitrogen and oxygen atoms in total. The summed E-state index contributed by atoms with van der Waals surface area (Å²) in [5.41, 5.74) is 5.08. The van der Waals surface area contributed by atoms with Gasteiger partial charge in [0.15, 0.2) is 19.4 Å². The molecule has 1 aliphatic heterocycles. The first kappa shape index (κ1) is 30.7. The van der Waals surface area contributed by atoms with Crippen LogP contribution in [0.2, 0.25) is 0 Å². The summed E-state index contributed by atoms with van der Waals surface area (Å²) >= 11 is 0. The van der Waals surface area contributed by atoms with Crippen LogP contribution in [-0.4, -0.2) is 64.5 Å². The Morgan fingerprint density at radius 1 is 0.927 bits per heavy atom. The number of rotatable bonds is 16. The highest BCUT2D eigenvalue weighted by atomic mass is 16.7. The lowest BCUT2D eigenvalue weighted by molar-refractivity contribution is -0.144. The molecule has 4 rings (SSSR count). The van der Waals surface area contributed by atoms with Crippen molar-refractivity contribution in [2.75, 3.05) is 47.6 Å². The standard InChI is InChI=1S/C32H41NO8/c1-6-27-28(12-15-36-19-26-20-40-32(2,3)41-26)31(30(39-22-35-5)17-29(27)38-21-34-4)24-8-7-9-25(16-24)37-18-23-10-13-33-14-11-23/h7-11,13-14,16-17,26H,6,12,15,18-22H2,1-5H3. The second-order valence-corrected chi connectivity index (χ2v) is 10.1. The first-order valence-corrected chi connectivity index (χ1v) is 13.9. The summed E-state index contributed by atoms with van der Waals surface area (Å²) in [4.78, 5) is 4.08. The van der Waals surface area contributed by atoms with E-state index in [1.165, 1.54) is 0 Å². The summed E-state index contributed by atoms with van der Waals surface area (Å²) in [6.07, 6.45) is 4.80. The quantitative estimate of drug-likeness (QED) is 0.163. The topological polar surface area (TPSA) is 86.7 Å². The highest BCUT2D eigenvalue weighted by Gasteiger charge is 2.32. The number of aromatic nitrogens is 1. The number of pyridine rings is 1. The maximum atomic E-state index is 6.14. The maximum Gasteiger partial charge on any atom is 0.188 e. The minimum absolute atomic E-state index is 0.0885. The second kappa shape index (κ2) is 15.1. The molecule has 222 valence electrons. The van der Waals surface area contributed by atoms with Crippen molar-refractivity contribution >= 4 is 0 Å². The Bertz CT molecular complexity index is 1230. The lowest BCUT2D eigenvalue weighted by Gasteiger charge is -2.23. The van der Waals surface area contributed by atoms with Gasteiger partial charge in [0.05, 0.1) is 19.8 Å². The van der Waals surface area contributed by atoms with E-state index in [1.807, 2.05) is 50.2 Å². The Hall–Kier alpha value is -3.21. The summed E-state index contributed by atoms with van der Waals surface area (Å²) in [5.74, 6) is 1.52. The smallest absolute Gasteiger partial charge is 0.188 e. The molecule has 1 saturated heterocycles. The van der Waals surface area contributed by atoms with Crippen molar-refractivity contribution < 1.29 is 37.9 Å². The minimum Gasteiger partial charge on any atom is -0.489 e. The van der Waals surface area contributed by atoms with Gasteiger partial charge in [0.2, 0.25) is 0 Å². The third-order valence-corrected chi connectivity index (χ3v) is 6.64. The summed E-state index contributed by atoms with van der Waals surface area (Å²) in [6.45, 7) is 8.03. The maximum absolute atomic E-state index is 6.14. The molecule has 0 bridgehead atoms. The van der Waals surface area contributed by atoms with Crippen molar-refractivity contribution in [1.29, 1.82) is 0 Å². The number of hydrogen-bond acceptors (Lipinski definition) is 9. The lowest BCUT2D eigenvalue weighted by Crippen LogP contribution is -2.24. The highest BCUT2D eigenvalue weighted by Crippen LogP contribution is 2.42. The molecule has 2 heterocycles. The van der Waals surface area contributed by atoms with Gasteiger partial charge in [-0.2, -0.15) is 0 Å². The van der Waals surface area contributed by atoms with E-state index in [0.29, 0.717) is 44.3 Å². The molecule has 0 spiro atoms. The van der Waals surface area contributed by atoms with E-state index in [0.717, 1.165) is 40.0 Å². The molecule has 2 aromatic carbocycles. The normalized spacial score (nSPS) is 16.1. The van der Waals surface area contributed by atoms with Gasteiger partial charge in [0.25, 0.3) is 0 Å². The van der Waals surface area contributed by atoms with Crippen LogP contribution in [0.3, 0.4) is 0 Å². The van der Waals surface area contributed by atoms with Gasteiger partial charge in [0.1, 0.15) is 30.0 Å². The van der Waals surface area contributed by atoms with Gasteiger partial charge in [-0.05, 0) is 73.2 Å². The van der Waals surface area contributed by atoms with Crippen molar-refractivity contribution in [2.45, 2.75) is 52.1 Å². The van der Waals surface area contributed by atoms with Crippen LogP contribution >= 0.6 is 0 Å².